The van der Waals surface area contributed by atoms with Gasteiger partial charge in [-0.05, 0) is 23.4 Å². The Hall–Kier alpha value is -1.99. The Kier molecular flexibility index (Phi) is 4.43. The van der Waals surface area contributed by atoms with Crippen LogP contribution in [0.4, 0.5) is 0 Å². The summed E-state index contributed by atoms with van der Waals surface area (Å²) in [7, 11) is -2.95. The van der Waals surface area contributed by atoms with Crippen molar-refractivity contribution < 1.29 is 8.42 Å². The molecule has 0 unspecified atom stereocenters. The number of hydrogen-bond donors (Lipinski definition) is 0. The molecule has 1 saturated heterocycles. The second-order valence-electron chi connectivity index (χ2n) is 6.39. The van der Waals surface area contributed by atoms with Gasteiger partial charge in [0.25, 0.3) is 0 Å². The van der Waals surface area contributed by atoms with Crippen molar-refractivity contribution in [1.82, 2.24) is 14.8 Å². The summed E-state index contributed by atoms with van der Waals surface area (Å²) in [4.78, 5) is 5.93. The lowest BCUT2D eigenvalue weighted by Crippen LogP contribution is -2.12. The second kappa shape index (κ2) is 6.72. The normalized spacial score (nSPS) is 19.3. The summed E-state index contributed by atoms with van der Waals surface area (Å²) in [5.74, 6) is 1.93. The van der Waals surface area contributed by atoms with Gasteiger partial charge in [-0.15, -0.1) is 11.3 Å². The Labute approximate surface area is 151 Å². The first-order valence-corrected chi connectivity index (χ1v) is 11.0. The molecule has 0 aliphatic carbocycles. The highest BCUT2D eigenvalue weighted by Gasteiger charge is 2.32. The number of thiophene rings is 1. The van der Waals surface area contributed by atoms with E-state index in [1.165, 1.54) is 4.88 Å². The van der Waals surface area contributed by atoms with E-state index in [2.05, 4.69) is 18.2 Å². The summed E-state index contributed by atoms with van der Waals surface area (Å²) in [6.45, 7) is 0.615. The summed E-state index contributed by atoms with van der Waals surface area (Å²) in [6, 6.07) is 14.2. The fraction of sp³-hybridized carbons (Fsp3) is 0.333. The Morgan fingerprint density at radius 1 is 1.16 bits per heavy atom. The van der Waals surface area contributed by atoms with Crippen molar-refractivity contribution in [1.29, 1.82) is 0 Å². The maximum Gasteiger partial charge on any atom is 0.156 e. The van der Waals surface area contributed by atoms with Crippen molar-refractivity contribution in [3.63, 3.8) is 0 Å². The summed E-state index contributed by atoms with van der Waals surface area (Å²) < 4.78 is 25.7. The van der Waals surface area contributed by atoms with Crippen molar-refractivity contribution in [2.75, 3.05) is 11.5 Å². The molecule has 1 aliphatic heterocycles. The van der Waals surface area contributed by atoms with Gasteiger partial charge >= 0.3 is 0 Å². The van der Waals surface area contributed by atoms with E-state index < -0.39 is 9.84 Å². The Morgan fingerprint density at radius 2 is 2.00 bits per heavy atom. The summed E-state index contributed by atoms with van der Waals surface area (Å²) in [5, 5.41) is 6.73. The second-order valence-corrected chi connectivity index (χ2v) is 9.65. The molecule has 25 heavy (non-hydrogen) atoms. The highest BCUT2D eigenvalue weighted by atomic mass is 32.2. The average Bonchev–Trinajstić information content (AvgIpc) is 3.30. The monoisotopic (exact) mass is 373 g/mol. The van der Waals surface area contributed by atoms with Crippen LogP contribution in [0.25, 0.3) is 0 Å². The quantitative estimate of drug-likeness (QED) is 0.690. The van der Waals surface area contributed by atoms with E-state index in [1.54, 1.807) is 11.3 Å². The first-order chi connectivity index (χ1) is 12.1. The lowest BCUT2D eigenvalue weighted by molar-refractivity contribution is 0.584. The zero-order valence-corrected chi connectivity index (χ0v) is 15.3. The van der Waals surface area contributed by atoms with Gasteiger partial charge in [0.15, 0.2) is 15.7 Å². The predicted molar refractivity (Wildman–Crippen MR) is 98.7 cm³/mol. The minimum Gasteiger partial charge on any atom is -0.245 e. The van der Waals surface area contributed by atoms with Gasteiger partial charge in [0.1, 0.15) is 5.82 Å². The van der Waals surface area contributed by atoms with Gasteiger partial charge in [0.2, 0.25) is 0 Å². The number of sulfone groups is 1. The fourth-order valence-electron chi connectivity index (χ4n) is 3.22. The van der Waals surface area contributed by atoms with E-state index in [0.29, 0.717) is 19.4 Å². The van der Waals surface area contributed by atoms with Crippen LogP contribution in [0.3, 0.4) is 0 Å². The zero-order chi connectivity index (χ0) is 17.3. The van der Waals surface area contributed by atoms with Crippen molar-refractivity contribution in [3.8, 4) is 0 Å². The molecule has 130 valence electrons. The lowest BCUT2D eigenvalue weighted by atomic mass is 10.1. The highest BCUT2D eigenvalue weighted by Crippen LogP contribution is 2.28. The maximum absolute atomic E-state index is 11.9. The van der Waals surface area contributed by atoms with E-state index in [-0.39, 0.29) is 17.4 Å². The van der Waals surface area contributed by atoms with Crippen LogP contribution in [-0.2, 0) is 22.8 Å². The lowest BCUT2D eigenvalue weighted by Gasteiger charge is -2.10. The van der Waals surface area contributed by atoms with Crippen LogP contribution < -0.4 is 0 Å². The number of hydrogen-bond acceptors (Lipinski definition) is 5. The molecular weight excluding hydrogens is 354 g/mol. The molecule has 1 atom stereocenters. The minimum atomic E-state index is -2.95. The smallest absolute Gasteiger partial charge is 0.156 e. The largest absolute Gasteiger partial charge is 0.245 e. The van der Waals surface area contributed by atoms with Crippen molar-refractivity contribution in [3.05, 3.63) is 69.9 Å². The van der Waals surface area contributed by atoms with Gasteiger partial charge in [-0.2, -0.15) is 5.10 Å². The fourth-order valence-corrected chi connectivity index (χ4v) is 5.66. The van der Waals surface area contributed by atoms with E-state index in [1.807, 2.05) is 34.3 Å². The van der Waals surface area contributed by atoms with E-state index >= 15 is 0 Å². The van der Waals surface area contributed by atoms with Crippen molar-refractivity contribution >= 4 is 21.2 Å². The van der Waals surface area contributed by atoms with E-state index in [9.17, 15) is 8.42 Å². The van der Waals surface area contributed by atoms with Gasteiger partial charge < -0.3 is 0 Å². The molecule has 3 aromatic rings. The molecule has 0 radical (unpaired) electrons. The molecule has 3 heterocycles. The first kappa shape index (κ1) is 16.5. The SMILES string of the molecule is O=S1(=O)CC[C@H](c2nc(Cc3cccs3)nn2Cc2ccccc2)C1. The van der Waals surface area contributed by atoms with Gasteiger partial charge in [-0.25, -0.2) is 18.1 Å². The van der Waals surface area contributed by atoms with Crippen LogP contribution in [0.1, 0.15) is 34.4 Å². The molecule has 0 N–H and O–H groups in total. The summed E-state index contributed by atoms with van der Waals surface area (Å²) in [6.07, 6.45) is 1.32. The highest BCUT2D eigenvalue weighted by molar-refractivity contribution is 7.91. The molecule has 0 amide bonds. The zero-order valence-electron chi connectivity index (χ0n) is 13.7. The van der Waals surface area contributed by atoms with Crippen LogP contribution in [0.2, 0.25) is 0 Å². The van der Waals surface area contributed by atoms with Gasteiger partial charge in [0.05, 0.1) is 18.1 Å². The number of rotatable bonds is 5. The summed E-state index contributed by atoms with van der Waals surface area (Å²) >= 11 is 1.68. The van der Waals surface area contributed by atoms with Gasteiger partial charge in [-0.3, -0.25) is 0 Å². The Balaban J connectivity index is 1.66. The molecule has 7 heteroatoms. The first-order valence-electron chi connectivity index (χ1n) is 8.29. The molecule has 4 rings (SSSR count). The molecule has 2 aromatic heterocycles. The van der Waals surface area contributed by atoms with E-state index in [0.717, 1.165) is 17.2 Å². The molecule has 1 aliphatic rings. The van der Waals surface area contributed by atoms with Gasteiger partial charge in [0, 0.05) is 17.2 Å². The third-order valence-corrected chi connectivity index (χ3v) is 7.07. The van der Waals surface area contributed by atoms with E-state index in [4.69, 9.17) is 10.1 Å². The Bertz CT molecular complexity index is 948. The summed E-state index contributed by atoms with van der Waals surface area (Å²) in [5.41, 5.74) is 1.14. The van der Waals surface area contributed by atoms with Crippen LogP contribution in [-0.4, -0.2) is 34.7 Å². The molecule has 1 fully saturated rings. The van der Waals surface area contributed by atoms with Crippen molar-refractivity contribution in [2.24, 2.45) is 0 Å². The Morgan fingerprint density at radius 3 is 2.68 bits per heavy atom. The topological polar surface area (TPSA) is 64.8 Å². The molecule has 0 spiro atoms. The number of aromatic nitrogens is 3. The number of nitrogens with zero attached hydrogens (tertiary/aromatic N) is 3. The predicted octanol–water partition coefficient (Wildman–Crippen LogP) is 2.88. The molecule has 0 bridgehead atoms. The maximum atomic E-state index is 11.9. The molecular formula is C18H19N3O2S2. The third-order valence-electron chi connectivity index (χ3n) is 4.43. The molecule has 1 aromatic carbocycles. The van der Waals surface area contributed by atoms with Crippen LogP contribution >= 0.6 is 11.3 Å². The standard InChI is InChI=1S/C18H19N3O2S2/c22-25(23)10-8-15(13-25)18-19-17(11-16-7-4-9-24-16)20-21(18)12-14-5-2-1-3-6-14/h1-7,9,15H,8,10-13H2/t15-/m0/s1. The van der Waals surface area contributed by atoms with Crippen LogP contribution in [0.15, 0.2) is 47.8 Å². The minimum absolute atomic E-state index is 0.0571. The van der Waals surface area contributed by atoms with Crippen LogP contribution in [0.5, 0.6) is 0 Å². The molecule has 5 nitrogen and oxygen atoms in total. The van der Waals surface area contributed by atoms with Gasteiger partial charge in [-0.1, -0.05) is 36.4 Å². The third kappa shape index (κ3) is 3.82. The molecule has 0 saturated carbocycles. The van der Waals surface area contributed by atoms with Crippen molar-refractivity contribution in [2.45, 2.75) is 25.3 Å². The number of benzene rings is 1. The average molecular weight is 374 g/mol. The van der Waals surface area contributed by atoms with Crippen LogP contribution in [0, 0.1) is 0 Å².